The first-order valence-corrected chi connectivity index (χ1v) is 8.64. The van der Waals surface area contributed by atoms with Crippen LogP contribution in [0.2, 0.25) is 0 Å². The second-order valence-corrected chi connectivity index (χ2v) is 6.08. The highest BCUT2D eigenvalue weighted by atomic mass is 14.1. The van der Waals surface area contributed by atoms with Crippen LogP contribution in [0.1, 0.15) is 84.5 Å². The van der Waals surface area contributed by atoms with E-state index in [0.717, 1.165) is 18.8 Å². The van der Waals surface area contributed by atoms with Crippen LogP contribution >= 0.6 is 0 Å². The van der Waals surface area contributed by atoms with Crippen molar-refractivity contribution in [3.05, 3.63) is 37.0 Å². The first-order valence-electron chi connectivity index (χ1n) is 8.64. The molecule has 0 radical (unpaired) electrons. The average molecular weight is 277 g/mol. The highest BCUT2D eigenvalue weighted by Crippen LogP contribution is 2.21. The molecule has 0 saturated carbocycles. The van der Waals surface area contributed by atoms with Crippen LogP contribution in [0.25, 0.3) is 0 Å². The van der Waals surface area contributed by atoms with Crippen LogP contribution in [-0.2, 0) is 0 Å². The van der Waals surface area contributed by atoms with Crippen LogP contribution in [-0.4, -0.2) is 0 Å². The zero-order chi connectivity index (χ0) is 15.1. The van der Waals surface area contributed by atoms with E-state index in [9.17, 15) is 0 Å². The summed E-state index contributed by atoms with van der Waals surface area (Å²) in [6.07, 6.45) is 20.8. The number of unbranched alkanes of at least 4 members (excludes halogenated alkanes) is 6. The summed E-state index contributed by atoms with van der Waals surface area (Å²) in [5.74, 6) is 0.744. The molecule has 0 aliphatic rings. The Morgan fingerprint density at radius 1 is 0.950 bits per heavy atom. The normalized spacial score (nSPS) is 13.2. The Morgan fingerprint density at radius 3 is 2.35 bits per heavy atom. The molecule has 20 heavy (non-hydrogen) atoms. The molecule has 0 aliphatic carbocycles. The maximum atomic E-state index is 3.86. The Morgan fingerprint density at radius 2 is 1.70 bits per heavy atom. The van der Waals surface area contributed by atoms with Gasteiger partial charge in [0.1, 0.15) is 0 Å². The van der Waals surface area contributed by atoms with Crippen molar-refractivity contribution in [2.24, 2.45) is 5.92 Å². The Kier molecular flexibility index (Phi) is 14.1. The fraction of sp³-hybridized carbons (Fsp3) is 0.700. The largest absolute Gasteiger partial charge is 0.103 e. The quantitative estimate of drug-likeness (QED) is 0.232. The molecule has 0 rings (SSSR count). The molecule has 0 N–H and O–H groups in total. The van der Waals surface area contributed by atoms with Crippen molar-refractivity contribution in [1.29, 1.82) is 0 Å². The van der Waals surface area contributed by atoms with Crippen molar-refractivity contribution in [3.63, 3.8) is 0 Å². The summed E-state index contributed by atoms with van der Waals surface area (Å²) >= 11 is 0. The van der Waals surface area contributed by atoms with Gasteiger partial charge < -0.3 is 0 Å². The van der Waals surface area contributed by atoms with Crippen molar-refractivity contribution in [3.8, 4) is 0 Å². The molecule has 0 spiro atoms. The molecule has 0 heteroatoms. The van der Waals surface area contributed by atoms with Gasteiger partial charge >= 0.3 is 0 Å². The fourth-order valence-corrected chi connectivity index (χ4v) is 2.62. The lowest BCUT2D eigenvalue weighted by molar-refractivity contribution is 0.562. The third-order valence-electron chi connectivity index (χ3n) is 3.83. The number of hydrogen-bond acceptors (Lipinski definition) is 0. The standard InChI is InChI=1S/C20H36/c1-5-8-10-12-14-17-20(16-13-11-9-6-2)18-19(4)15-7-3/h6-7,17,19H,2-3,5,8-16,18H2,1,4H3. The number of hydrogen-bond donors (Lipinski definition) is 0. The van der Waals surface area contributed by atoms with Gasteiger partial charge in [0.25, 0.3) is 0 Å². The molecule has 0 aliphatic heterocycles. The molecular formula is C20H36. The molecular weight excluding hydrogens is 240 g/mol. The molecule has 0 saturated heterocycles. The second kappa shape index (κ2) is 14.6. The Balaban J connectivity index is 4.10. The van der Waals surface area contributed by atoms with Crippen LogP contribution in [0.3, 0.4) is 0 Å². The predicted molar refractivity (Wildman–Crippen MR) is 94.1 cm³/mol. The minimum atomic E-state index is 0.744. The molecule has 0 fully saturated rings. The van der Waals surface area contributed by atoms with Gasteiger partial charge in [-0.2, -0.15) is 0 Å². The van der Waals surface area contributed by atoms with E-state index in [0.29, 0.717) is 0 Å². The van der Waals surface area contributed by atoms with Gasteiger partial charge in [0.15, 0.2) is 0 Å². The van der Waals surface area contributed by atoms with E-state index in [4.69, 9.17) is 0 Å². The zero-order valence-corrected chi connectivity index (χ0v) is 14.0. The average Bonchev–Trinajstić information content (AvgIpc) is 2.43. The number of rotatable bonds is 14. The third-order valence-corrected chi connectivity index (χ3v) is 3.83. The number of allylic oxidation sites excluding steroid dienone is 4. The van der Waals surface area contributed by atoms with E-state index in [1.54, 1.807) is 5.57 Å². The Hall–Kier alpha value is -0.780. The van der Waals surface area contributed by atoms with Gasteiger partial charge in [-0.05, 0) is 57.3 Å². The molecule has 0 aromatic carbocycles. The fourth-order valence-electron chi connectivity index (χ4n) is 2.62. The van der Waals surface area contributed by atoms with Crippen LogP contribution in [0.4, 0.5) is 0 Å². The van der Waals surface area contributed by atoms with Crippen molar-refractivity contribution in [2.45, 2.75) is 84.5 Å². The second-order valence-electron chi connectivity index (χ2n) is 6.08. The maximum absolute atomic E-state index is 3.86. The monoisotopic (exact) mass is 276 g/mol. The lowest BCUT2D eigenvalue weighted by Gasteiger charge is -2.13. The van der Waals surface area contributed by atoms with Gasteiger partial charge in [-0.3, -0.25) is 0 Å². The maximum Gasteiger partial charge on any atom is -0.0291 e. The van der Waals surface area contributed by atoms with E-state index in [1.807, 2.05) is 6.08 Å². The van der Waals surface area contributed by atoms with E-state index >= 15 is 0 Å². The molecule has 116 valence electrons. The first-order chi connectivity index (χ1) is 9.74. The van der Waals surface area contributed by atoms with Crippen LogP contribution in [0.5, 0.6) is 0 Å². The SMILES string of the molecule is C=CCCCCC(=CCCCCCC)CC(C)CC=C. The molecule has 1 atom stereocenters. The summed E-state index contributed by atoms with van der Waals surface area (Å²) in [6.45, 7) is 12.3. The smallest absolute Gasteiger partial charge is 0.0291 e. The summed E-state index contributed by atoms with van der Waals surface area (Å²) in [5, 5.41) is 0. The van der Waals surface area contributed by atoms with Gasteiger partial charge in [-0.1, -0.05) is 56.9 Å². The third kappa shape index (κ3) is 12.3. The molecule has 0 aromatic rings. The van der Waals surface area contributed by atoms with Crippen LogP contribution < -0.4 is 0 Å². The van der Waals surface area contributed by atoms with Crippen molar-refractivity contribution in [1.82, 2.24) is 0 Å². The van der Waals surface area contributed by atoms with Crippen LogP contribution in [0.15, 0.2) is 37.0 Å². The molecule has 0 amide bonds. The molecule has 1 unspecified atom stereocenters. The summed E-state index contributed by atoms with van der Waals surface area (Å²) in [7, 11) is 0. The summed E-state index contributed by atoms with van der Waals surface area (Å²) in [4.78, 5) is 0. The lowest BCUT2D eigenvalue weighted by Crippen LogP contribution is -1.96. The van der Waals surface area contributed by atoms with E-state index < -0.39 is 0 Å². The predicted octanol–water partition coefficient (Wildman–Crippen LogP) is 7.23. The molecule has 0 nitrogen and oxygen atoms in total. The van der Waals surface area contributed by atoms with E-state index in [2.05, 4.69) is 39.2 Å². The van der Waals surface area contributed by atoms with Crippen molar-refractivity contribution >= 4 is 0 Å². The topological polar surface area (TPSA) is 0 Å². The van der Waals surface area contributed by atoms with Gasteiger partial charge in [-0.25, -0.2) is 0 Å². The first kappa shape index (κ1) is 19.2. The summed E-state index contributed by atoms with van der Waals surface area (Å²) in [5.41, 5.74) is 1.68. The Bertz CT molecular complexity index is 259. The Labute approximate surface area is 128 Å². The van der Waals surface area contributed by atoms with Crippen LogP contribution in [0, 0.1) is 5.92 Å². The lowest BCUT2D eigenvalue weighted by atomic mass is 9.93. The van der Waals surface area contributed by atoms with E-state index in [1.165, 1.54) is 57.8 Å². The van der Waals surface area contributed by atoms with Gasteiger partial charge in [0.2, 0.25) is 0 Å². The highest BCUT2D eigenvalue weighted by Gasteiger charge is 2.04. The highest BCUT2D eigenvalue weighted by molar-refractivity contribution is 5.03. The molecule has 0 aromatic heterocycles. The van der Waals surface area contributed by atoms with Gasteiger partial charge in [0, 0.05) is 0 Å². The summed E-state index contributed by atoms with van der Waals surface area (Å²) < 4.78 is 0. The zero-order valence-electron chi connectivity index (χ0n) is 14.0. The van der Waals surface area contributed by atoms with E-state index in [-0.39, 0.29) is 0 Å². The van der Waals surface area contributed by atoms with Crippen molar-refractivity contribution < 1.29 is 0 Å². The van der Waals surface area contributed by atoms with Crippen molar-refractivity contribution in [2.75, 3.05) is 0 Å². The molecule has 0 bridgehead atoms. The van der Waals surface area contributed by atoms with Gasteiger partial charge in [-0.15, -0.1) is 13.2 Å². The molecule has 0 heterocycles. The summed E-state index contributed by atoms with van der Waals surface area (Å²) in [6, 6.07) is 0. The minimum absolute atomic E-state index is 0.744. The van der Waals surface area contributed by atoms with Gasteiger partial charge in [0.05, 0.1) is 0 Å². The minimum Gasteiger partial charge on any atom is -0.103 e.